The van der Waals surface area contributed by atoms with E-state index in [0.717, 1.165) is 41.3 Å². The Kier molecular flexibility index (Phi) is 8.37. The number of aryl methyl sites for hydroxylation is 1. The van der Waals surface area contributed by atoms with Crippen LogP contribution >= 0.6 is 0 Å². The second kappa shape index (κ2) is 11.8. The van der Waals surface area contributed by atoms with Crippen molar-refractivity contribution in [3.8, 4) is 11.5 Å². The van der Waals surface area contributed by atoms with Gasteiger partial charge in [0, 0.05) is 41.9 Å². The first kappa shape index (κ1) is 31.9. The number of methoxy groups -OCH3 is 1. The summed E-state index contributed by atoms with van der Waals surface area (Å²) in [7, 11) is -2.18. The van der Waals surface area contributed by atoms with E-state index in [-0.39, 0.29) is 34.9 Å². The SMILES string of the molecule is COc1cc(F)c([C@@H]2CN(c3c(C)ccn(C4CCS(=O)(=O)C4)c3=O)C(=O)[C@H]2NC(=O)c2ccc(OC(F)(F)F)cc2)c(F)c1. The lowest BCUT2D eigenvalue weighted by Crippen LogP contribution is -2.45. The van der Waals surface area contributed by atoms with E-state index < -0.39 is 81.1 Å². The maximum Gasteiger partial charge on any atom is 0.573 e. The average Bonchev–Trinajstić information content (AvgIpc) is 3.46. The van der Waals surface area contributed by atoms with Gasteiger partial charge in [0.15, 0.2) is 9.84 Å². The molecule has 2 aromatic carbocycles. The smallest absolute Gasteiger partial charge is 0.497 e. The molecule has 2 aliphatic heterocycles. The first-order chi connectivity index (χ1) is 21.1. The van der Waals surface area contributed by atoms with Crippen LogP contribution in [0.1, 0.15) is 39.9 Å². The molecule has 0 radical (unpaired) electrons. The molecule has 0 aliphatic carbocycles. The van der Waals surface area contributed by atoms with Gasteiger partial charge in [0.25, 0.3) is 11.5 Å². The highest BCUT2D eigenvalue weighted by Gasteiger charge is 2.46. The number of benzene rings is 2. The summed E-state index contributed by atoms with van der Waals surface area (Å²) in [5.74, 6) is -6.54. The summed E-state index contributed by atoms with van der Waals surface area (Å²) >= 11 is 0. The maximum absolute atomic E-state index is 15.3. The number of sulfone groups is 1. The second-order valence-corrected chi connectivity index (χ2v) is 12.9. The number of hydrogen-bond donors (Lipinski definition) is 1. The molecule has 0 saturated carbocycles. The summed E-state index contributed by atoms with van der Waals surface area (Å²) in [6.45, 7) is 1.07. The van der Waals surface area contributed by atoms with Crippen molar-refractivity contribution < 1.29 is 49.4 Å². The van der Waals surface area contributed by atoms with Crippen molar-refractivity contribution in [2.75, 3.05) is 30.1 Å². The van der Waals surface area contributed by atoms with E-state index in [1.165, 1.54) is 30.9 Å². The van der Waals surface area contributed by atoms with Crippen LogP contribution in [0.15, 0.2) is 53.5 Å². The molecule has 240 valence electrons. The standard InChI is InChI=1S/C29H26F5N3O7S/c1-15-7-9-36(17-8-10-45(41,42)14-17)28(40)25(15)37-13-20(23-21(30)11-19(43-2)12-22(23)31)24(27(37)39)35-26(38)16-3-5-18(6-4-16)44-29(32,33)34/h3-7,9,11-12,17,20,24H,8,10,13-14H2,1-2H3,(H,35,38)/t17?,20-,24-/m0/s1. The van der Waals surface area contributed by atoms with E-state index in [2.05, 4.69) is 10.1 Å². The molecule has 3 heterocycles. The monoisotopic (exact) mass is 655 g/mol. The van der Waals surface area contributed by atoms with Crippen LogP contribution in [0.25, 0.3) is 0 Å². The van der Waals surface area contributed by atoms with Crippen LogP contribution in [0.2, 0.25) is 0 Å². The third-order valence-electron chi connectivity index (χ3n) is 7.78. The van der Waals surface area contributed by atoms with Gasteiger partial charge in [-0.1, -0.05) is 0 Å². The van der Waals surface area contributed by atoms with E-state index in [1.54, 1.807) is 0 Å². The van der Waals surface area contributed by atoms with Crippen LogP contribution in [0.5, 0.6) is 11.5 Å². The number of aromatic nitrogens is 1. The van der Waals surface area contributed by atoms with Crippen molar-refractivity contribution in [3.63, 3.8) is 0 Å². The Balaban J connectivity index is 1.53. The fraction of sp³-hybridized carbons (Fsp3) is 0.345. The minimum absolute atomic E-state index is 0.120. The largest absolute Gasteiger partial charge is 0.573 e. The van der Waals surface area contributed by atoms with Crippen molar-refractivity contribution >= 4 is 27.3 Å². The Bertz CT molecular complexity index is 1800. The highest BCUT2D eigenvalue weighted by atomic mass is 32.2. The van der Waals surface area contributed by atoms with Gasteiger partial charge < -0.3 is 24.3 Å². The molecule has 2 fully saturated rings. The Morgan fingerprint density at radius 1 is 1.02 bits per heavy atom. The lowest BCUT2D eigenvalue weighted by Gasteiger charge is -2.22. The topological polar surface area (TPSA) is 124 Å². The Morgan fingerprint density at radius 3 is 2.22 bits per heavy atom. The molecular formula is C29H26F5N3O7S. The third-order valence-corrected chi connectivity index (χ3v) is 9.53. The molecule has 3 atom stereocenters. The molecule has 2 saturated heterocycles. The number of carbonyl (C=O) groups excluding carboxylic acids is 2. The molecule has 0 spiro atoms. The van der Waals surface area contributed by atoms with Gasteiger partial charge >= 0.3 is 6.36 Å². The highest BCUT2D eigenvalue weighted by molar-refractivity contribution is 7.91. The summed E-state index contributed by atoms with van der Waals surface area (Å²) in [5.41, 5.74) is -1.30. The predicted molar refractivity (Wildman–Crippen MR) is 150 cm³/mol. The number of carbonyl (C=O) groups is 2. The van der Waals surface area contributed by atoms with Crippen molar-refractivity contribution in [2.45, 2.75) is 37.7 Å². The zero-order chi connectivity index (χ0) is 32.8. The van der Waals surface area contributed by atoms with Gasteiger partial charge in [-0.25, -0.2) is 17.2 Å². The number of anilines is 1. The van der Waals surface area contributed by atoms with E-state index >= 15 is 8.78 Å². The summed E-state index contributed by atoms with van der Waals surface area (Å²) in [6, 6.07) is 4.76. The molecule has 5 rings (SSSR count). The number of hydrogen-bond acceptors (Lipinski definition) is 7. The van der Waals surface area contributed by atoms with Crippen LogP contribution in [0.3, 0.4) is 0 Å². The molecule has 45 heavy (non-hydrogen) atoms. The molecule has 2 aliphatic rings. The number of nitrogens with one attached hydrogen (secondary N) is 1. The first-order valence-corrected chi connectivity index (χ1v) is 15.3. The zero-order valence-electron chi connectivity index (χ0n) is 23.7. The van der Waals surface area contributed by atoms with E-state index in [9.17, 15) is 36.0 Å². The first-order valence-electron chi connectivity index (χ1n) is 13.5. The van der Waals surface area contributed by atoms with E-state index in [0.29, 0.717) is 5.56 Å². The summed E-state index contributed by atoms with van der Waals surface area (Å²) in [5, 5.41) is 2.42. The number of rotatable bonds is 7. The minimum atomic E-state index is -4.97. The van der Waals surface area contributed by atoms with E-state index in [1.807, 2.05) is 0 Å². The molecule has 0 bridgehead atoms. The van der Waals surface area contributed by atoms with Crippen LogP contribution in [0, 0.1) is 18.6 Å². The molecule has 2 amide bonds. The number of alkyl halides is 3. The number of pyridine rings is 1. The number of amides is 2. The fourth-order valence-corrected chi connectivity index (χ4v) is 7.37. The molecule has 10 nitrogen and oxygen atoms in total. The van der Waals surface area contributed by atoms with Gasteiger partial charge in [0.1, 0.15) is 34.9 Å². The Labute approximate surface area is 253 Å². The summed E-state index contributed by atoms with van der Waals surface area (Å²) in [6.07, 6.45) is -3.38. The van der Waals surface area contributed by atoms with Crippen molar-refractivity contribution in [2.24, 2.45) is 0 Å². The van der Waals surface area contributed by atoms with Crippen molar-refractivity contribution in [3.05, 3.63) is 87.3 Å². The zero-order valence-corrected chi connectivity index (χ0v) is 24.5. The van der Waals surface area contributed by atoms with Crippen LogP contribution in [-0.2, 0) is 14.6 Å². The molecule has 1 aromatic heterocycles. The normalized spacial score (nSPS) is 21.2. The van der Waals surface area contributed by atoms with Gasteiger partial charge in [0.05, 0.1) is 24.7 Å². The van der Waals surface area contributed by atoms with Gasteiger partial charge in [-0.05, 0) is 49.2 Å². The predicted octanol–water partition coefficient (Wildman–Crippen LogP) is 3.63. The van der Waals surface area contributed by atoms with E-state index in [4.69, 9.17) is 4.74 Å². The average molecular weight is 656 g/mol. The Morgan fingerprint density at radius 2 is 1.67 bits per heavy atom. The fourth-order valence-electron chi connectivity index (χ4n) is 5.66. The van der Waals surface area contributed by atoms with Gasteiger partial charge in [-0.3, -0.25) is 14.4 Å². The number of ether oxygens (including phenoxy) is 2. The summed E-state index contributed by atoms with van der Waals surface area (Å²) < 4.78 is 102. The lowest BCUT2D eigenvalue weighted by atomic mass is 9.92. The van der Waals surface area contributed by atoms with Gasteiger partial charge in [-0.15, -0.1) is 13.2 Å². The van der Waals surface area contributed by atoms with Crippen LogP contribution in [0.4, 0.5) is 27.6 Å². The minimum Gasteiger partial charge on any atom is -0.497 e. The van der Waals surface area contributed by atoms with Crippen molar-refractivity contribution in [1.29, 1.82) is 0 Å². The van der Waals surface area contributed by atoms with Crippen LogP contribution in [-0.4, -0.2) is 62.4 Å². The molecule has 3 aromatic rings. The number of nitrogens with zero attached hydrogens (tertiary/aromatic N) is 2. The van der Waals surface area contributed by atoms with Crippen LogP contribution < -0.4 is 25.2 Å². The van der Waals surface area contributed by atoms with Gasteiger partial charge in [0.2, 0.25) is 5.91 Å². The quantitative estimate of drug-likeness (QED) is 0.386. The molecule has 16 heteroatoms. The van der Waals surface area contributed by atoms with Gasteiger partial charge in [-0.2, -0.15) is 0 Å². The Hall–Kier alpha value is -4.47. The highest BCUT2D eigenvalue weighted by Crippen LogP contribution is 2.37. The molecule has 1 unspecified atom stereocenters. The lowest BCUT2D eigenvalue weighted by molar-refractivity contribution is -0.274. The molecule has 1 N–H and O–H groups in total. The third kappa shape index (κ3) is 6.50. The maximum atomic E-state index is 15.3. The summed E-state index contributed by atoms with van der Waals surface area (Å²) in [4.78, 5) is 41.8. The number of halogens is 5. The second-order valence-electron chi connectivity index (χ2n) is 10.7. The molecular weight excluding hydrogens is 629 g/mol. The van der Waals surface area contributed by atoms with Crippen molar-refractivity contribution in [1.82, 2.24) is 9.88 Å².